The summed E-state index contributed by atoms with van der Waals surface area (Å²) in [7, 11) is 0. The van der Waals surface area contributed by atoms with E-state index < -0.39 is 11.4 Å². The van der Waals surface area contributed by atoms with Crippen LogP contribution in [0.1, 0.15) is 52.5 Å². The van der Waals surface area contributed by atoms with Gasteiger partial charge in [-0.15, -0.1) is 0 Å². The van der Waals surface area contributed by atoms with Crippen molar-refractivity contribution in [3.63, 3.8) is 0 Å². The van der Waals surface area contributed by atoms with Gasteiger partial charge in [0.1, 0.15) is 5.75 Å². The first kappa shape index (κ1) is 17.5. The van der Waals surface area contributed by atoms with Gasteiger partial charge in [-0.3, -0.25) is 4.79 Å². The normalized spacial score (nSPS) is 14.5. The standard InChI is InChI=1S/C17H28N2O2/c1-16(2,3)13-9-5-6-10-14(13)21-12-8-7-11-17(4,19)15(18)20/h5-6,9-10H,7-8,11-12,19H2,1-4H3,(H2,18,20). The molecule has 1 rings (SSSR count). The predicted octanol–water partition coefficient (Wildman–Crippen LogP) is 2.74. The van der Waals surface area contributed by atoms with Crippen LogP contribution in [0.15, 0.2) is 24.3 Å². The van der Waals surface area contributed by atoms with Gasteiger partial charge in [-0.05, 0) is 43.2 Å². The van der Waals surface area contributed by atoms with Gasteiger partial charge in [0.25, 0.3) is 0 Å². The van der Waals surface area contributed by atoms with E-state index in [9.17, 15) is 4.79 Å². The number of para-hydroxylation sites is 1. The van der Waals surface area contributed by atoms with Crippen molar-refractivity contribution in [2.24, 2.45) is 11.5 Å². The van der Waals surface area contributed by atoms with Crippen molar-refractivity contribution in [2.75, 3.05) is 6.61 Å². The van der Waals surface area contributed by atoms with Gasteiger partial charge < -0.3 is 16.2 Å². The molecule has 1 unspecified atom stereocenters. The summed E-state index contributed by atoms with van der Waals surface area (Å²) in [5.41, 5.74) is 11.4. The highest BCUT2D eigenvalue weighted by molar-refractivity contribution is 5.83. The fourth-order valence-electron chi connectivity index (χ4n) is 2.11. The Balaban J connectivity index is 2.46. The minimum absolute atomic E-state index is 0.0540. The minimum atomic E-state index is -0.927. The van der Waals surface area contributed by atoms with Crippen LogP contribution in [0.3, 0.4) is 0 Å². The van der Waals surface area contributed by atoms with Gasteiger partial charge in [0.2, 0.25) is 5.91 Å². The number of nitrogens with two attached hydrogens (primary N) is 2. The largest absolute Gasteiger partial charge is 0.493 e. The molecule has 1 aromatic carbocycles. The summed E-state index contributed by atoms with van der Waals surface area (Å²) in [6, 6.07) is 8.10. The van der Waals surface area contributed by atoms with Crippen LogP contribution in [0.5, 0.6) is 5.75 Å². The van der Waals surface area contributed by atoms with Crippen LogP contribution < -0.4 is 16.2 Å². The van der Waals surface area contributed by atoms with E-state index in [-0.39, 0.29) is 5.41 Å². The second-order valence-electron chi connectivity index (χ2n) is 6.83. The molecular weight excluding hydrogens is 264 g/mol. The van der Waals surface area contributed by atoms with Crippen molar-refractivity contribution in [1.82, 2.24) is 0 Å². The van der Waals surface area contributed by atoms with Crippen molar-refractivity contribution in [1.29, 1.82) is 0 Å². The molecule has 0 aliphatic heterocycles. The number of ether oxygens (including phenoxy) is 1. The molecule has 1 aromatic rings. The monoisotopic (exact) mass is 292 g/mol. The quantitative estimate of drug-likeness (QED) is 0.758. The number of benzene rings is 1. The molecule has 0 heterocycles. The van der Waals surface area contributed by atoms with E-state index >= 15 is 0 Å². The van der Waals surface area contributed by atoms with Crippen LogP contribution in [-0.4, -0.2) is 18.1 Å². The number of hydrogen-bond acceptors (Lipinski definition) is 3. The molecule has 118 valence electrons. The molecule has 0 aliphatic rings. The molecule has 0 aliphatic carbocycles. The molecule has 1 atom stereocenters. The molecule has 0 aromatic heterocycles. The lowest BCUT2D eigenvalue weighted by molar-refractivity contribution is -0.122. The average molecular weight is 292 g/mol. The molecule has 0 spiro atoms. The molecule has 0 saturated heterocycles. The van der Waals surface area contributed by atoms with Gasteiger partial charge in [-0.2, -0.15) is 0 Å². The second-order valence-corrected chi connectivity index (χ2v) is 6.83. The Bertz CT molecular complexity index is 476. The Morgan fingerprint density at radius 1 is 1.14 bits per heavy atom. The molecule has 0 radical (unpaired) electrons. The maximum atomic E-state index is 11.1. The number of hydrogen-bond donors (Lipinski definition) is 2. The van der Waals surface area contributed by atoms with E-state index in [0.717, 1.165) is 18.6 Å². The number of rotatable bonds is 7. The van der Waals surface area contributed by atoms with Crippen LogP contribution in [0, 0.1) is 0 Å². The lowest BCUT2D eigenvalue weighted by Gasteiger charge is -2.23. The Kier molecular flexibility index (Phi) is 5.78. The summed E-state index contributed by atoms with van der Waals surface area (Å²) in [6.45, 7) is 8.79. The molecule has 4 N–H and O–H groups in total. The van der Waals surface area contributed by atoms with E-state index in [1.807, 2.05) is 18.2 Å². The minimum Gasteiger partial charge on any atom is -0.493 e. The molecule has 21 heavy (non-hydrogen) atoms. The topological polar surface area (TPSA) is 78.3 Å². The number of amides is 1. The highest BCUT2D eigenvalue weighted by Crippen LogP contribution is 2.31. The Morgan fingerprint density at radius 3 is 2.33 bits per heavy atom. The third kappa shape index (κ3) is 5.38. The number of primary amides is 1. The van der Waals surface area contributed by atoms with Crippen molar-refractivity contribution < 1.29 is 9.53 Å². The average Bonchev–Trinajstić information content (AvgIpc) is 2.37. The maximum Gasteiger partial charge on any atom is 0.237 e. The molecule has 0 bridgehead atoms. The SMILES string of the molecule is CC(N)(CCCCOc1ccccc1C(C)(C)C)C(N)=O. The zero-order valence-electron chi connectivity index (χ0n) is 13.6. The number of carbonyl (C=O) groups excluding carboxylic acids is 1. The van der Waals surface area contributed by atoms with E-state index in [1.165, 1.54) is 5.56 Å². The molecular formula is C17H28N2O2. The van der Waals surface area contributed by atoms with E-state index in [4.69, 9.17) is 16.2 Å². The summed E-state index contributed by atoms with van der Waals surface area (Å²) in [4.78, 5) is 11.1. The third-order valence-corrected chi connectivity index (χ3v) is 3.61. The van der Waals surface area contributed by atoms with Gasteiger partial charge >= 0.3 is 0 Å². The van der Waals surface area contributed by atoms with Crippen LogP contribution in [0.4, 0.5) is 0 Å². The third-order valence-electron chi connectivity index (χ3n) is 3.61. The highest BCUT2D eigenvalue weighted by Gasteiger charge is 2.24. The summed E-state index contributed by atoms with van der Waals surface area (Å²) in [5.74, 6) is 0.469. The zero-order chi connectivity index (χ0) is 16.1. The van der Waals surface area contributed by atoms with Gasteiger partial charge in [-0.25, -0.2) is 0 Å². The van der Waals surface area contributed by atoms with E-state index in [0.29, 0.717) is 13.0 Å². The molecule has 1 amide bonds. The number of carbonyl (C=O) groups is 1. The smallest absolute Gasteiger partial charge is 0.237 e. The van der Waals surface area contributed by atoms with Gasteiger partial charge in [-0.1, -0.05) is 39.0 Å². The van der Waals surface area contributed by atoms with E-state index in [2.05, 4.69) is 26.8 Å². The van der Waals surface area contributed by atoms with Gasteiger partial charge in [0.05, 0.1) is 12.1 Å². The second kappa shape index (κ2) is 6.94. The predicted molar refractivity (Wildman–Crippen MR) is 86.3 cm³/mol. The Morgan fingerprint density at radius 2 is 1.76 bits per heavy atom. The first-order valence-corrected chi connectivity index (χ1v) is 7.46. The molecule has 4 heteroatoms. The highest BCUT2D eigenvalue weighted by atomic mass is 16.5. The lowest BCUT2D eigenvalue weighted by atomic mass is 9.86. The van der Waals surface area contributed by atoms with Crippen LogP contribution >= 0.6 is 0 Å². The Hall–Kier alpha value is -1.55. The van der Waals surface area contributed by atoms with Gasteiger partial charge in [0.15, 0.2) is 0 Å². The van der Waals surface area contributed by atoms with Crippen molar-refractivity contribution in [3.05, 3.63) is 29.8 Å². The summed E-state index contributed by atoms with van der Waals surface area (Å²) < 4.78 is 5.88. The van der Waals surface area contributed by atoms with Gasteiger partial charge in [0, 0.05) is 0 Å². The fourth-order valence-corrected chi connectivity index (χ4v) is 2.11. The molecule has 0 saturated carbocycles. The maximum absolute atomic E-state index is 11.1. The first-order valence-electron chi connectivity index (χ1n) is 7.46. The van der Waals surface area contributed by atoms with Crippen LogP contribution in [0.25, 0.3) is 0 Å². The molecule has 4 nitrogen and oxygen atoms in total. The number of unbranched alkanes of at least 4 members (excludes halogenated alkanes) is 1. The zero-order valence-corrected chi connectivity index (χ0v) is 13.6. The van der Waals surface area contributed by atoms with Crippen molar-refractivity contribution >= 4 is 5.91 Å². The summed E-state index contributed by atoms with van der Waals surface area (Å²) in [6.07, 6.45) is 2.23. The fraction of sp³-hybridized carbons (Fsp3) is 0.588. The van der Waals surface area contributed by atoms with Crippen molar-refractivity contribution in [3.8, 4) is 5.75 Å². The Labute approximate surface area is 127 Å². The van der Waals surface area contributed by atoms with Crippen LogP contribution in [0.2, 0.25) is 0 Å². The molecule has 0 fully saturated rings. The first-order chi connectivity index (χ1) is 9.64. The summed E-state index contributed by atoms with van der Waals surface area (Å²) >= 11 is 0. The van der Waals surface area contributed by atoms with Crippen LogP contribution in [-0.2, 0) is 10.2 Å². The van der Waals surface area contributed by atoms with E-state index in [1.54, 1.807) is 6.92 Å². The lowest BCUT2D eigenvalue weighted by Crippen LogP contribution is -2.49. The van der Waals surface area contributed by atoms with Crippen molar-refractivity contribution in [2.45, 2.75) is 57.9 Å². The summed E-state index contributed by atoms with van der Waals surface area (Å²) in [5, 5.41) is 0.